The minimum atomic E-state index is -0.917. The Labute approximate surface area is 125 Å². The van der Waals surface area contributed by atoms with Crippen LogP contribution in [0, 0.1) is 11.6 Å². The van der Waals surface area contributed by atoms with E-state index in [-0.39, 0.29) is 6.42 Å². The van der Waals surface area contributed by atoms with Gasteiger partial charge in [0.25, 0.3) is 0 Å². The SMILES string of the molecule is OC(Cc1ccc(F)c(F)c1)Cc1ccc(Cl)cc1Cl. The number of aliphatic hydroxyl groups excluding tert-OH is 1. The van der Waals surface area contributed by atoms with Crippen molar-refractivity contribution in [3.63, 3.8) is 0 Å². The van der Waals surface area contributed by atoms with Crippen LogP contribution in [0.15, 0.2) is 36.4 Å². The molecule has 20 heavy (non-hydrogen) atoms. The maximum Gasteiger partial charge on any atom is 0.159 e. The number of halogens is 4. The van der Waals surface area contributed by atoms with E-state index in [4.69, 9.17) is 23.2 Å². The molecule has 1 nitrogen and oxygen atoms in total. The van der Waals surface area contributed by atoms with E-state index >= 15 is 0 Å². The van der Waals surface area contributed by atoms with Crippen molar-refractivity contribution in [2.75, 3.05) is 0 Å². The van der Waals surface area contributed by atoms with E-state index in [0.29, 0.717) is 22.0 Å². The standard InChI is InChI=1S/C15H12Cl2F2O/c16-11-3-2-10(13(17)8-11)7-12(20)5-9-1-4-14(18)15(19)6-9/h1-4,6,8,12,20H,5,7H2. The molecule has 2 rings (SSSR count). The van der Waals surface area contributed by atoms with Crippen LogP contribution in [-0.4, -0.2) is 11.2 Å². The molecule has 1 N–H and O–H groups in total. The maximum atomic E-state index is 13.1. The maximum absolute atomic E-state index is 13.1. The Balaban J connectivity index is 2.04. The average molecular weight is 317 g/mol. The predicted molar refractivity (Wildman–Crippen MR) is 76.2 cm³/mol. The Morgan fingerprint density at radius 3 is 2.35 bits per heavy atom. The smallest absolute Gasteiger partial charge is 0.159 e. The van der Waals surface area contributed by atoms with Crippen molar-refractivity contribution in [3.05, 3.63) is 69.2 Å². The van der Waals surface area contributed by atoms with E-state index < -0.39 is 17.7 Å². The third-order valence-corrected chi connectivity index (χ3v) is 3.51. The molecule has 0 aliphatic heterocycles. The van der Waals surface area contributed by atoms with Gasteiger partial charge in [0, 0.05) is 16.5 Å². The molecule has 0 heterocycles. The highest BCUT2D eigenvalue weighted by Crippen LogP contribution is 2.23. The molecule has 0 aromatic heterocycles. The lowest BCUT2D eigenvalue weighted by Gasteiger charge is -2.12. The molecule has 0 aliphatic rings. The second-order valence-electron chi connectivity index (χ2n) is 4.55. The molecule has 0 amide bonds. The van der Waals surface area contributed by atoms with Gasteiger partial charge < -0.3 is 5.11 Å². The lowest BCUT2D eigenvalue weighted by molar-refractivity contribution is 0.175. The molecule has 0 aliphatic carbocycles. The molecule has 1 atom stereocenters. The van der Waals surface area contributed by atoms with Gasteiger partial charge in [-0.3, -0.25) is 0 Å². The molecule has 1 unspecified atom stereocenters. The summed E-state index contributed by atoms with van der Waals surface area (Å²) in [5.74, 6) is -1.82. The molecule has 0 fully saturated rings. The largest absolute Gasteiger partial charge is 0.392 e. The minimum Gasteiger partial charge on any atom is -0.392 e. The van der Waals surface area contributed by atoms with Gasteiger partial charge in [0.2, 0.25) is 0 Å². The van der Waals surface area contributed by atoms with Gasteiger partial charge in [0.15, 0.2) is 11.6 Å². The summed E-state index contributed by atoms with van der Waals surface area (Å²) in [7, 11) is 0. The summed E-state index contributed by atoms with van der Waals surface area (Å²) in [6.07, 6.45) is -0.205. The number of hydrogen-bond acceptors (Lipinski definition) is 1. The molecule has 0 radical (unpaired) electrons. The van der Waals surface area contributed by atoms with Crippen LogP contribution < -0.4 is 0 Å². The summed E-state index contributed by atoms with van der Waals surface area (Å²) >= 11 is 11.8. The van der Waals surface area contributed by atoms with Crippen LogP contribution in [0.25, 0.3) is 0 Å². The van der Waals surface area contributed by atoms with Gasteiger partial charge >= 0.3 is 0 Å². The Kier molecular flexibility index (Phi) is 4.97. The number of aliphatic hydroxyl groups is 1. The summed E-state index contributed by atoms with van der Waals surface area (Å²) in [6, 6.07) is 8.61. The second kappa shape index (κ2) is 6.53. The number of hydrogen-bond donors (Lipinski definition) is 1. The fourth-order valence-corrected chi connectivity index (χ4v) is 2.44. The first kappa shape index (κ1) is 15.2. The summed E-state index contributed by atoms with van der Waals surface area (Å²) < 4.78 is 25.9. The molecule has 0 bridgehead atoms. The highest BCUT2D eigenvalue weighted by atomic mass is 35.5. The molecule has 0 spiro atoms. The van der Waals surface area contributed by atoms with E-state index in [1.807, 2.05) is 0 Å². The quantitative estimate of drug-likeness (QED) is 0.885. The van der Waals surface area contributed by atoms with Crippen molar-refractivity contribution in [2.45, 2.75) is 18.9 Å². The van der Waals surface area contributed by atoms with E-state index in [1.54, 1.807) is 18.2 Å². The van der Waals surface area contributed by atoms with Crippen molar-refractivity contribution < 1.29 is 13.9 Å². The van der Waals surface area contributed by atoms with Gasteiger partial charge in [-0.1, -0.05) is 35.3 Å². The van der Waals surface area contributed by atoms with Gasteiger partial charge in [-0.15, -0.1) is 0 Å². The highest BCUT2D eigenvalue weighted by molar-refractivity contribution is 6.35. The van der Waals surface area contributed by atoms with E-state index in [0.717, 1.165) is 17.7 Å². The lowest BCUT2D eigenvalue weighted by atomic mass is 10.0. The fourth-order valence-electron chi connectivity index (χ4n) is 1.95. The van der Waals surface area contributed by atoms with Crippen LogP contribution in [0.2, 0.25) is 10.0 Å². The number of benzene rings is 2. The van der Waals surface area contributed by atoms with Crippen LogP contribution in [-0.2, 0) is 12.8 Å². The van der Waals surface area contributed by atoms with E-state index in [1.165, 1.54) is 6.07 Å². The summed E-state index contributed by atoms with van der Waals surface area (Å²) in [5, 5.41) is 11.0. The minimum absolute atomic E-state index is 0.218. The second-order valence-corrected chi connectivity index (χ2v) is 5.39. The molecular weight excluding hydrogens is 305 g/mol. The molecule has 0 saturated carbocycles. The van der Waals surface area contributed by atoms with Gasteiger partial charge in [-0.05, 0) is 41.8 Å². The third kappa shape index (κ3) is 3.92. The average Bonchev–Trinajstić information content (AvgIpc) is 2.37. The van der Waals surface area contributed by atoms with E-state index in [2.05, 4.69) is 0 Å². The Morgan fingerprint density at radius 2 is 1.70 bits per heavy atom. The van der Waals surface area contributed by atoms with Gasteiger partial charge in [-0.2, -0.15) is 0 Å². The van der Waals surface area contributed by atoms with E-state index in [9.17, 15) is 13.9 Å². The molecule has 106 valence electrons. The normalized spacial score (nSPS) is 12.4. The lowest BCUT2D eigenvalue weighted by Crippen LogP contribution is -2.14. The molecule has 0 saturated heterocycles. The zero-order valence-electron chi connectivity index (χ0n) is 10.4. The Bertz CT molecular complexity index is 617. The molecular formula is C15H12Cl2F2O. The van der Waals surface area contributed by atoms with Crippen molar-refractivity contribution in [2.24, 2.45) is 0 Å². The first-order valence-electron chi connectivity index (χ1n) is 6.01. The number of rotatable bonds is 4. The monoisotopic (exact) mass is 316 g/mol. The Morgan fingerprint density at radius 1 is 0.950 bits per heavy atom. The topological polar surface area (TPSA) is 20.2 Å². The first-order chi connectivity index (χ1) is 9.45. The summed E-state index contributed by atoms with van der Waals surface area (Å²) in [4.78, 5) is 0. The predicted octanol–water partition coefficient (Wildman–Crippen LogP) is 4.42. The van der Waals surface area contributed by atoms with Crippen LogP contribution >= 0.6 is 23.2 Å². The van der Waals surface area contributed by atoms with Gasteiger partial charge in [0.05, 0.1) is 6.10 Å². The first-order valence-corrected chi connectivity index (χ1v) is 6.77. The van der Waals surface area contributed by atoms with Crippen LogP contribution in [0.1, 0.15) is 11.1 Å². The van der Waals surface area contributed by atoms with Crippen LogP contribution in [0.5, 0.6) is 0 Å². The summed E-state index contributed by atoms with van der Waals surface area (Å²) in [6.45, 7) is 0. The molecule has 5 heteroatoms. The third-order valence-electron chi connectivity index (χ3n) is 2.93. The van der Waals surface area contributed by atoms with Crippen LogP contribution in [0.4, 0.5) is 8.78 Å². The molecule has 2 aromatic carbocycles. The summed E-state index contributed by atoms with van der Waals surface area (Å²) in [5.41, 5.74) is 1.28. The fraction of sp³-hybridized carbons (Fsp3) is 0.200. The van der Waals surface area contributed by atoms with Crippen molar-refractivity contribution in [1.29, 1.82) is 0 Å². The van der Waals surface area contributed by atoms with Gasteiger partial charge in [0.1, 0.15) is 0 Å². The zero-order valence-corrected chi connectivity index (χ0v) is 11.9. The van der Waals surface area contributed by atoms with Gasteiger partial charge in [-0.25, -0.2) is 8.78 Å². The highest BCUT2D eigenvalue weighted by Gasteiger charge is 2.11. The van der Waals surface area contributed by atoms with Crippen molar-refractivity contribution >= 4 is 23.2 Å². The molecule has 2 aromatic rings. The zero-order chi connectivity index (χ0) is 14.7. The van der Waals surface area contributed by atoms with Crippen LogP contribution in [0.3, 0.4) is 0 Å². The van der Waals surface area contributed by atoms with Crippen molar-refractivity contribution in [3.8, 4) is 0 Å². The Hall–Kier alpha value is -1.16. The van der Waals surface area contributed by atoms with Crippen molar-refractivity contribution in [1.82, 2.24) is 0 Å².